The number of hydrogen-bond acceptors (Lipinski definition) is 4. The molecule has 1 aliphatic heterocycles. The molecule has 0 spiro atoms. The van der Waals surface area contributed by atoms with Crippen molar-refractivity contribution in [2.24, 2.45) is 10.8 Å². The van der Waals surface area contributed by atoms with Crippen molar-refractivity contribution >= 4 is 23.9 Å². The first-order valence-corrected chi connectivity index (χ1v) is 11.8. The summed E-state index contributed by atoms with van der Waals surface area (Å²) in [5.41, 5.74) is -2.29. The molecule has 1 fully saturated rings. The highest BCUT2D eigenvalue weighted by Crippen LogP contribution is 2.51. The van der Waals surface area contributed by atoms with Gasteiger partial charge in [0.1, 0.15) is 0 Å². The summed E-state index contributed by atoms with van der Waals surface area (Å²) in [6, 6.07) is -0.0120. The van der Waals surface area contributed by atoms with Crippen molar-refractivity contribution < 1.29 is 29.4 Å². The maximum atomic E-state index is 13.5. The molecule has 1 heterocycles. The molecule has 1 saturated heterocycles. The average Bonchev–Trinajstić information content (AvgIpc) is 2.95. The fourth-order valence-corrected chi connectivity index (χ4v) is 5.43. The summed E-state index contributed by atoms with van der Waals surface area (Å²) in [7, 11) is 0. The number of nitrogens with one attached hydrogen (secondary N) is 2. The van der Waals surface area contributed by atoms with Crippen molar-refractivity contribution in [2.75, 3.05) is 6.54 Å². The van der Waals surface area contributed by atoms with Gasteiger partial charge in [0.2, 0.25) is 5.91 Å². The molecular weight excluding hydrogens is 426 g/mol. The highest BCUT2D eigenvalue weighted by molar-refractivity contribution is 5.80. The van der Waals surface area contributed by atoms with E-state index in [9.17, 15) is 29.4 Å². The number of carboxylic acids is 2. The van der Waals surface area contributed by atoms with Gasteiger partial charge in [-0.15, -0.1) is 0 Å². The SMILES string of the molecule is CC1NC(=O)NC1CCCCCC(=O)N(CCC(=O)O)C(CC(=O)O)(C(C)(C)C)C(C)(C)C. The Morgan fingerprint density at radius 3 is 1.88 bits per heavy atom. The van der Waals surface area contributed by atoms with Crippen molar-refractivity contribution in [2.45, 2.75) is 111 Å². The van der Waals surface area contributed by atoms with Crippen LogP contribution in [0, 0.1) is 10.8 Å². The predicted molar refractivity (Wildman–Crippen MR) is 126 cm³/mol. The van der Waals surface area contributed by atoms with E-state index in [0.717, 1.165) is 19.3 Å². The topological polar surface area (TPSA) is 136 Å². The molecule has 9 nitrogen and oxygen atoms in total. The lowest BCUT2D eigenvalue weighted by Crippen LogP contribution is -2.67. The van der Waals surface area contributed by atoms with Crippen molar-refractivity contribution in [1.29, 1.82) is 0 Å². The number of unbranched alkanes of at least 4 members (excludes halogenated alkanes) is 2. The standard InChI is InChI=1S/C24H43N3O6/c1-16-17(26-21(33)25-16)11-9-8-10-12-18(28)27(14-13-19(29)30)24(15-20(31)32,22(2,3)4)23(5,6)7/h16-17H,8-15H2,1-7H3,(H,29,30)(H,31,32)(H2,25,26,33). The zero-order chi connectivity index (χ0) is 25.6. The maximum Gasteiger partial charge on any atom is 0.315 e. The Hall–Kier alpha value is -2.32. The van der Waals surface area contributed by atoms with Gasteiger partial charge < -0.3 is 25.7 Å². The molecule has 0 saturated carbocycles. The summed E-state index contributed by atoms with van der Waals surface area (Å²) in [6.45, 7) is 13.4. The lowest BCUT2D eigenvalue weighted by molar-refractivity contribution is -0.165. The highest BCUT2D eigenvalue weighted by Gasteiger charge is 2.57. The van der Waals surface area contributed by atoms with E-state index < -0.39 is 28.3 Å². The lowest BCUT2D eigenvalue weighted by Gasteiger charge is -2.59. The normalized spacial score (nSPS) is 19.1. The molecule has 0 bridgehead atoms. The molecule has 190 valence electrons. The first kappa shape index (κ1) is 28.7. The molecule has 0 aromatic rings. The second-order valence-electron chi connectivity index (χ2n) is 11.2. The van der Waals surface area contributed by atoms with E-state index >= 15 is 0 Å². The molecule has 1 rings (SSSR count). The van der Waals surface area contributed by atoms with Gasteiger partial charge in [-0.2, -0.15) is 0 Å². The third-order valence-corrected chi connectivity index (χ3v) is 6.88. The van der Waals surface area contributed by atoms with Crippen LogP contribution in [0.5, 0.6) is 0 Å². The zero-order valence-corrected chi connectivity index (χ0v) is 21.3. The van der Waals surface area contributed by atoms with Gasteiger partial charge in [0, 0.05) is 19.0 Å². The molecule has 0 aromatic heterocycles. The Balaban J connectivity index is 3.00. The average molecular weight is 470 g/mol. The van der Waals surface area contributed by atoms with E-state index in [4.69, 9.17) is 0 Å². The van der Waals surface area contributed by atoms with Crippen LogP contribution in [0.4, 0.5) is 4.79 Å². The number of rotatable bonds is 12. The van der Waals surface area contributed by atoms with Gasteiger partial charge >= 0.3 is 18.0 Å². The molecular formula is C24H43N3O6. The van der Waals surface area contributed by atoms with Gasteiger partial charge in [0.15, 0.2) is 0 Å². The minimum Gasteiger partial charge on any atom is -0.481 e. The van der Waals surface area contributed by atoms with Gasteiger partial charge in [0.05, 0.1) is 24.4 Å². The van der Waals surface area contributed by atoms with Gasteiger partial charge in [-0.25, -0.2) is 4.79 Å². The number of amides is 3. The van der Waals surface area contributed by atoms with Crippen LogP contribution in [-0.2, 0) is 14.4 Å². The monoisotopic (exact) mass is 469 g/mol. The van der Waals surface area contributed by atoms with E-state index in [1.807, 2.05) is 48.5 Å². The highest BCUT2D eigenvalue weighted by atomic mass is 16.4. The van der Waals surface area contributed by atoms with Crippen LogP contribution in [0.1, 0.15) is 93.4 Å². The molecule has 9 heteroatoms. The number of nitrogens with zero attached hydrogens (tertiary/aromatic N) is 1. The maximum absolute atomic E-state index is 13.5. The summed E-state index contributed by atoms with van der Waals surface area (Å²) >= 11 is 0. The second-order valence-corrected chi connectivity index (χ2v) is 11.2. The number of carbonyl (C=O) groups excluding carboxylic acids is 2. The Morgan fingerprint density at radius 2 is 1.45 bits per heavy atom. The van der Waals surface area contributed by atoms with Gasteiger partial charge in [-0.05, 0) is 30.6 Å². The van der Waals surface area contributed by atoms with Gasteiger partial charge in [-0.3, -0.25) is 14.4 Å². The van der Waals surface area contributed by atoms with Crippen LogP contribution in [0.3, 0.4) is 0 Å². The molecule has 0 aliphatic carbocycles. The third kappa shape index (κ3) is 7.33. The lowest BCUT2D eigenvalue weighted by atomic mass is 9.57. The van der Waals surface area contributed by atoms with E-state index in [-0.39, 0.29) is 49.8 Å². The largest absolute Gasteiger partial charge is 0.481 e. The van der Waals surface area contributed by atoms with E-state index in [0.29, 0.717) is 6.42 Å². The summed E-state index contributed by atoms with van der Waals surface area (Å²) in [4.78, 5) is 49.7. The molecule has 2 atom stereocenters. The molecule has 0 aromatic carbocycles. The first-order valence-electron chi connectivity index (χ1n) is 11.8. The number of urea groups is 1. The van der Waals surface area contributed by atoms with Crippen LogP contribution >= 0.6 is 0 Å². The predicted octanol–water partition coefficient (Wildman–Crippen LogP) is 3.62. The van der Waals surface area contributed by atoms with Crippen LogP contribution in [0.25, 0.3) is 0 Å². The molecule has 3 amide bonds. The Bertz CT molecular complexity index is 709. The van der Waals surface area contributed by atoms with Crippen molar-refractivity contribution in [3.05, 3.63) is 0 Å². The van der Waals surface area contributed by atoms with Crippen molar-refractivity contribution in [3.8, 4) is 0 Å². The molecule has 1 aliphatic rings. The first-order chi connectivity index (χ1) is 15.0. The Labute approximate surface area is 197 Å². The fraction of sp³-hybridized carbons (Fsp3) is 0.833. The Kier molecular flexibility index (Phi) is 9.75. The second kappa shape index (κ2) is 11.2. The molecule has 0 radical (unpaired) electrons. The minimum atomic E-state index is -1.08. The quantitative estimate of drug-likeness (QED) is 0.322. The van der Waals surface area contributed by atoms with Crippen LogP contribution in [-0.4, -0.2) is 63.2 Å². The van der Waals surface area contributed by atoms with Crippen molar-refractivity contribution in [1.82, 2.24) is 15.5 Å². The summed E-state index contributed by atoms with van der Waals surface area (Å²) < 4.78 is 0. The molecule has 4 N–H and O–H groups in total. The summed E-state index contributed by atoms with van der Waals surface area (Å²) in [5, 5.41) is 24.8. The number of carboxylic acid groups (broad SMARTS) is 2. The minimum absolute atomic E-state index is 0.0344. The van der Waals surface area contributed by atoms with Gasteiger partial charge in [0.25, 0.3) is 0 Å². The van der Waals surface area contributed by atoms with Crippen LogP contribution < -0.4 is 10.6 Å². The van der Waals surface area contributed by atoms with Crippen molar-refractivity contribution in [3.63, 3.8) is 0 Å². The van der Waals surface area contributed by atoms with Crippen LogP contribution in [0.15, 0.2) is 0 Å². The third-order valence-electron chi connectivity index (χ3n) is 6.88. The van der Waals surface area contributed by atoms with Gasteiger partial charge in [-0.1, -0.05) is 54.4 Å². The van der Waals surface area contributed by atoms with Crippen LogP contribution in [0.2, 0.25) is 0 Å². The number of aliphatic carboxylic acids is 2. The molecule has 2 unspecified atom stereocenters. The number of carbonyl (C=O) groups is 4. The molecule has 33 heavy (non-hydrogen) atoms. The Morgan fingerprint density at radius 1 is 0.879 bits per heavy atom. The fourth-order valence-electron chi connectivity index (χ4n) is 5.43. The zero-order valence-electron chi connectivity index (χ0n) is 21.3. The summed E-state index contributed by atoms with van der Waals surface area (Å²) in [5.74, 6) is -2.26. The summed E-state index contributed by atoms with van der Waals surface area (Å²) in [6.07, 6.45) is 2.76. The number of hydrogen-bond donors (Lipinski definition) is 4. The van der Waals surface area contributed by atoms with E-state index in [1.165, 1.54) is 0 Å². The van der Waals surface area contributed by atoms with E-state index in [1.54, 1.807) is 4.90 Å². The van der Waals surface area contributed by atoms with E-state index in [2.05, 4.69) is 10.6 Å². The smallest absolute Gasteiger partial charge is 0.315 e.